The molecule has 0 aliphatic rings. The van der Waals surface area contributed by atoms with Gasteiger partial charge in [-0.3, -0.25) is 0 Å². The molecule has 0 amide bonds. The summed E-state index contributed by atoms with van der Waals surface area (Å²) in [6.45, 7) is 13.9. The highest BCUT2D eigenvalue weighted by Crippen LogP contribution is 2.50. The first-order valence-electron chi connectivity index (χ1n) is 23.8. The van der Waals surface area contributed by atoms with Crippen LogP contribution in [0.2, 0.25) is 0 Å². The van der Waals surface area contributed by atoms with Crippen molar-refractivity contribution >= 4 is 49.8 Å². The van der Waals surface area contributed by atoms with E-state index in [4.69, 9.17) is 4.42 Å². The zero-order valence-corrected chi connectivity index (χ0v) is 39.7. The maximum absolute atomic E-state index is 6.34. The lowest BCUT2D eigenvalue weighted by Crippen LogP contribution is -2.16. The highest BCUT2D eigenvalue weighted by molar-refractivity contribution is 6.10. The molecule has 11 aromatic rings. The largest absolute Gasteiger partial charge is 0.456 e. The molecule has 68 heavy (non-hydrogen) atoms. The molecule has 0 saturated carbocycles. The summed E-state index contributed by atoms with van der Waals surface area (Å²) in [6, 6.07) is 82.2. The van der Waals surface area contributed by atoms with Crippen molar-refractivity contribution in [3.63, 3.8) is 0 Å². The van der Waals surface area contributed by atoms with Crippen molar-refractivity contribution in [2.75, 3.05) is 4.90 Å². The second-order valence-electron chi connectivity index (χ2n) is 20.1. The highest BCUT2D eigenvalue weighted by Gasteiger charge is 2.26. The molecule has 1 aromatic heterocycles. The van der Waals surface area contributed by atoms with Gasteiger partial charge in [0.15, 0.2) is 0 Å². The number of fused-ring (bicyclic) bond motifs is 4. The van der Waals surface area contributed by atoms with E-state index in [2.05, 4.69) is 265 Å². The zero-order chi connectivity index (χ0) is 46.6. The monoisotopic (exact) mass is 877 g/mol. The van der Waals surface area contributed by atoms with Gasteiger partial charge in [-0.05, 0) is 108 Å². The van der Waals surface area contributed by atoms with Gasteiger partial charge in [0.05, 0.1) is 17.1 Å². The quantitative estimate of drug-likeness (QED) is 0.151. The molecular formula is C66H55NO. The van der Waals surface area contributed by atoms with Crippen LogP contribution < -0.4 is 4.90 Å². The van der Waals surface area contributed by atoms with E-state index in [9.17, 15) is 0 Å². The van der Waals surface area contributed by atoms with Gasteiger partial charge in [-0.1, -0.05) is 230 Å². The molecule has 0 bridgehead atoms. The molecule has 2 heteroatoms. The topological polar surface area (TPSA) is 16.4 Å². The number of benzene rings is 10. The maximum atomic E-state index is 6.34. The van der Waals surface area contributed by atoms with Crippen LogP contribution in [0.4, 0.5) is 17.1 Å². The zero-order valence-electron chi connectivity index (χ0n) is 39.7. The summed E-state index contributed by atoms with van der Waals surface area (Å²) in [5.74, 6) is 0. The van der Waals surface area contributed by atoms with Crippen molar-refractivity contribution in [1.29, 1.82) is 0 Å². The molecule has 0 radical (unpaired) electrons. The molecule has 0 aliphatic heterocycles. The molecule has 10 aromatic carbocycles. The van der Waals surface area contributed by atoms with Crippen molar-refractivity contribution in [2.24, 2.45) is 0 Å². The predicted molar refractivity (Wildman–Crippen MR) is 290 cm³/mol. The standard InChI is InChI=1S/C66H55NO/c1-65(2,3)50-40-49(41-51(43-50)66(4,5)6)54-28-18-22-47-23-19-29-57(64(47)54)55-26-12-16-32-61(55)67(59-30-14-10-24-52(59)46-36-34-45(35-37-46)44-20-8-7-9-21-44)60-31-15-11-25-53(60)48-38-39-63-58(42-48)56-27-13-17-33-62(56)68-63/h7-43H,1-6H3. The minimum Gasteiger partial charge on any atom is -0.456 e. The minimum absolute atomic E-state index is 0.0194. The van der Waals surface area contributed by atoms with E-state index < -0.39 is 0 Å². The van der Waals surface area contributed by atoms with Crippen LogP contribution in [0.25, 0.3) is 88.3 Å². The van der Waals surface area contributed by atoms with Crippen molar-refractivity contribution in [1.82, 2.24) is 0 Å². The Balaban J connectivity index is 1.16. The third-order valence-electron chi connectivity index (χ3n) is 13.6. The summed E-state index contributed by atoms with van der Waals surface area (Å²) in [6.07, 6.45) is 0. The van der Waals surface area contributed by atoms with Crippen molar-refractivity contribution < 1.29 is 4.42 Å². The Bertz CT molecular complexity index is 3600. The second kappa shape index (κ2) is 17.0. The SMILES string of the molecule is CC(C)(C)c1cc(-c2cccc3cccc(-c4ccccc4N(c4ccccc4-c4ccc(-c5ccccc5)cc4)c4ccccc4-c4ccc5oc6ccccc6c5c4)c23)cc(C(C)(C)C)c1. The third kappa shape index (κ3) is 7.86. The smallest absolute Gasteiger partial charge is 0.135 e. The van der Waals surface area contributed by atoms with Crippen LogP contribution >= 0.6 is 0 Å². The van der Waals surface area contributed by atoms with Crippen molar-refractivity contribution in [2.45, 2.75) is 52.4 Å². The molecule has 11 rings (SSSR count). The molecule has 0 atom stereocenters. The van der Waals surface area contributed by atoms with Gasteiger partial charge in [-0.2, -0.15) is 0 Å². The molecule has 0 fully saturated rings. The third-order valence-corrected chi connectivity index (χ3v) is 13.6. The number of para-hydroxylation sites is 4. The predicted octanol–water partition coefficient (Wildman–Crippen LogP) is 19.1. The Morgan fingerprint density at radius 1 is 0.309 bits per heavy atom. The van der Waals surface area contributed by atoms with Crippen molar-refractivity contribution in [3.8, 4) is 55.6 Å². The van der Waals surface area contributed by atoms with Crippen LogP contribution in [-0.4, -0.2) is 0 Å². The van der Waals surface area contributed by atoms with E-state index in [0.717, 1.165) is 66.8 Å². The van der Waals surface area contributed by atoms with Gasteiger partial charge in [0.1, 0.15) is 11.2 Å². The van der Waals surface area contributed by atoms with Crippen LogP contribution in [0, 0.1) is 0 Å². The number of hydrogen-bond donors (Lipinski definition) is 0. The second-order valence-corrected chi connectivity index (χ2v) is 20.1. The summed E-state index contributed by atoms with van der Waals surface area (Å²) in [5, 5.41) is 4.67. The van der Waals surface area contributed by atoms with Gasteiger partial charge in [-0.25, -0.2) is 0 Å². The Morgan fingerprint density at radius 2 is 0.779 bits per heavy atom. The number of nitrogens with zero attached hydrogens (tertiary/aromatic N) is 1. The first-order chi connectivity index (χ1) is 33.0. The van der Waals surface area contributed by atoms with E-state index in [1.165, 1.54) is 49.7 Å². The molecule has 0 saturated heterocycles. The van der Waals surface area contributed by atoms with Gasteiger partial charge in [0.25, 0.3) is 0 Å². The summed E-state index contributed by atoms with van der Waals surface area (Å²) in [4.78, 5) is 2.50. The number of rotatable bonds is 8. The Kier molecular flexibility index (Phi) is 10.7. The fourth-order valence-electron chi connectivity index (χ4n) is 9.93. The molecule has 0 N–H and O–H groups in total. The lowest BCUT2D eigenvalue weighted by Gasteiger charge is -2.32. The first kappa shape index (κ1) is 42.7. The summed E-state index contributed by atoms with van der Waals surface area (Å²) in [7, 11) is 0. The first-order valence-corrected chi connectivity index (χ1v) is 23.8. The van der Waals surface area contributed by atoms with Crippen LogP contribution in [0.3, 0.4) is 0 Å². The fourth-order valence-corrected chi connectivity index (χ4v) is 9.93. The lowest BCUT2D eigenvalue weighted by atomic mass is 9.78. The summed E-state index contributed by atoms with van der Waals surface area (Å²) < 4.78 is 6.34. The van der Waals surface area contributed by atoms with E-state index >= 15 is 0 Å². The molecule has 2 nitrogen and oxygen atoms in total. The van der Waals surface area contributed by atoms with Gasteiger partial charge in [0.2, 0.25) is 0 Å². The van der Waals surface area contributed by atoms with Gasteiger partial charge >= 0.3 is 0 Å². The van der Waals surface area contributed by atoms with Crippen LogP contribution in [0.5, 0.6) is 0 Å². The van der Waals surface area contributed by atoms with Crippen LogP contribution in [0.15, 0.2) is 229 Å². The highest BCUT2D eigenvalue weighted by atomic mass is 16.3. The maximum Gasteiger partial charge on any atom is 0.135 e. The normalized spacial score (nSPS) is 12.0. The lowest BCUT2D eigenvalue weighted by molar-refractivity contribution is 0.569. The van der Waals surface area contributed by atoms with Crippen LogP contribution in [-0.2, 0) is 10.8 Å². The molecule has 0 aliphatic carbocycles. The van der Waals surface area contributed by atoms with Gasteiger partial charge in [-0.15, -0.1) is 0 Å². The number of furan rings is 1. The average molecular weight is 878 g/mol. The van der Waals surface area contributed by atoms with Gasteiger partial charge < -0.3 is 9.32 Å². The van der Waals surface area contributed by atoms with E-state index in [1.54, 1.807) is 0 Å². The molecule has 330 valence electrons. The van der Waals surface area contributed by atoms with Crippen molar-refractivity contribution in [3.05, 3.63) is 236 Å². The van der Waals surface area contributed by atoms with E-state index in [0.29, 0.717) is 0 Å². The van der Waals surface area contributed by atoms with Crippen LogP contribution in [0.1, 0.15) is 52.7 Å². The Morgan fingerprint density at radius 3 is 1.43 bits per heavy atom. The summed E-state index contributed by atoms with van der Waals surface area (Å²) in [5.41, 5.74) is 19.4. The number of hydrogen-bond acceptors (Lipinski definition) is 2. The molecular weight excluding hydrogens is 823 g/mol. The van der Waals surface area contributed by atoms with Gasteiger partial charge in [0, 0.05) is 27.5 Å². The van der Waals surface area contributed by atoms with E-state index in [1.807, 2.05) is 6.07 Å². The van der Waals surface area contributed by atoms with E-state index in [-0.39, 0.29) is 10.8 Å². The molecule has 0 unspecified atom stereocenters. The molecule has 0 spiro atoms. The average Bonchev–Trinajstić information content (AvgIpc) is 3.74. The summed E-state index contributed by atoms with van der Waals surface area (Å²) >= 11 is 0. The Labute approximate surface area is 400 Å². The number of anilines is 3. The fraction of sp³-hybridized carbons (Fsp3) is 0.121. The Hall–Kier alpha value is -7.94. The molecule has 1 heterocycles. The minimum atomic E-state index is -0.0194.